The molecule has 0 bridgehead atoms. The number of H-pyrrole nitrogens is 1. The Morgan fingerprint density at radius 1 is 1.12 bits per heavy atom. The third-order valence-electron chi connectivity index (χ3n) is 4.58. The first-order chi connectivity index (χ1) is 15.6. The summed E-state index contributed by atoms with van der Waals surface area (Å²) < 4.78 is 1.78. The highest BCUT2D eigenvalue weighted by Crippen LogP contribution is 2.30. The van der Waals surface area contributed by atoms with Crippen molar-refractivity contribution in [2.24, 2.45) is 5.10 Å². The third kappa shape index (κ3) is 5.87. The Hall–Kier alpha value is -2.88. The highest BCUT2D eigenvalue weighted by atomic mass is 32.2. The van der Waals surface area contributed by atoms with Crippen LogP contribution in [0.25, 0.3) is 10.8 Å². The predicted molar refractivity (Wildman–Crippen MR) is 129 cm³/mol. The van der Waals surface area contributed by atoms with Gasteiger partial charge in [0.1, 0.15) is 0 Å². The number of hydrazone groups is 1. The van der Waals surface area contributed by atoms with E-state index >= 15 is 0 Å². The molecule has 3 aromatic carbocycles. The van der Waals surface area contributed by atoms with Gasteiger partial charge in [0.15, 0.2) is 0 Å². The molecule has 1 heterocycles. The molecule has 0 fully saturated rings. The minimum Gasteiger partial charge on any atom is -0.872 e. The van der Waals surface area contributed by atoms with Gasteiger partial charge < -0.3 is 5.11 Å². The van der Waals surface area contributed by atoms with Crippen LogP contribution in [0.15, 0.2) is 80.5 Å². The Kier molecular flexibility index (Phi) is 7.41. The Morgan fingerprint density at radius 3 is 2.81 bits per heavy atom. The lowest BCUT2D eigenvalue weighted by Gasteiger charge is -2.07. The van der Waals surface area contributed by atoms with Crippen LogP contribution in [0, 0.1) is 0 Å². The lowest BCUT2D eigenvalue weighted by atomic mass is 10.1. The van der Waals surface area contributed by atoms with Crippen LogP contribution in [0.4, 0.5) is 0 Å². The van der Waals surface area contributed by atoms with Crippen LogP contribution in [-0.2, 0) is 10.5 Å². The van der Waals surface area contributed by atoms with Gasteiger partial charge in [-0.1, -0.05) is 83.6 Å². The van der Waals surface area contributed by atoms with Gasteiger partial charge >= 0.3 is 4.34 Å². The summed E-state index contributed by atoms with van der Waals surface area (Å²) in [6.45, 7) is 1.75. The van der Waals surface area contributed by atoms with Gasteiger partial charge in [0.05, 0.1) is 11.5 Å². The SMILES string of the molecule is C/C(=N\NC(=O)CSc1n[nH+]c(SCc2cccc3ccccc23)s1)c1cccc([O-])c1. The normalized spacial score (nSPS) is 11.6. The molecule has 0 saturated heterocycles. The summed E-state index contributed by atoms with van der Waals surface area (Å²) in [6, 6.07) is 21.1. The second kappa shape index (κ2) is 10.6. The van der Waals surface area contributed by atoms with Gasteiger partial charge in [-0.05, 0) is 51.9 Å². The van der Waals surface area contributed by atoms with E-state index in [1.54, 1.807) is 30.8 Å². The number of nitrogens with one attached hydrogen (secondary N) is 2. The maximum absolute atomic E-state index is 12.1. The molecule has 2 N–H and O–H groups in total. The molecule has 4 aromatic rings. The molecule has 9 heteroatoms. The van der Waals surface area contributed by atoms with Gasteiger partial charge in [-0.15, -0.1) is 5.75 Å². The van der Waals surface area contributed by atoms with Crippen LogP contribution in [0.5, 0.6) is 5.75 Å². The molecule has 0 spiro atoms. The maximum atomic E-state index is 12.1. The maximum Gasteiger partial charge on any atom is 0.323 e. The lowest BCUT2D eigenvalue weighted by molar-refractivity contribution is -0.492. The van der Waals surface area contributed by atoms with Crippen molar-refractivity contribution in [1.82, 2.24) is 10.5 Å². The molecule has 32 heavy (non-hydrogen) atoms. The van der Waals surface area contributed by atoms with E-state index in [2.05, 4.69) is 57.1 Å². The first kappa shape index (κ1) is 22.3. The van der Waals surface area contributed by atoms with Crippen molar-refractivity contribution in [1.29, 1.82) is 0 Å². The number of aromatic nitrogens is 2. The van der Waals surface area contributed by atoms with Gasteiger partial charge in [0.25, 0.3) is 5.91 Å². The van der Waals surface area contributed by atoms with E-state index in [0.29, 0.717) is 11.3 Å². The summed E-state index contributed by atoms with van der Waals surface area (Å²) in [5, 5.41) is 25.3. The summed E-state index contributed by atoms with van der Waals surface area (Å²) >= 11 is 4.58. The van der Waals surface area contributed by atoms with Crippen molar-refractivity contribution >= 4 is 57.3 Å². The molecule has 0 aliphatic heterocycles. The van der Waals surface area contributed by atoms with Crippen molar-refractivity contribution in [3.8, 4) is 5.75 Å². The number of carbonyl (C=O) groups is 1. The Labute approximate surface area is 198 Å². The summed E-state index contributed by atoms with van der Waals surface area (Å²) in [5.74, 6) is 0.719. The molecule has 1 aromatic heterocycles. The zero-order chi connectivity index (χ0) is 22.3. The molecular formula is C23H20N4O2S3. The highest BCUT2D eigenvalue weighted by molar-refractivity contribution is 8.03. The topological polar surface area (TPSA) is 91.6 Å². The minimum atomic E-state index is -0.229. The number of thioether (sulfide) groups is 2. The molecule has 0 radical (unpaired) electrons. The van der Waals surface area contributed by atoms with Crippen LogP contribution in [0.2, 0.25) is 0 Å². The van der Waals surface area contributed by atoms with Crippen LogP contribution in [0.1, 0.15) is 18.1 Å². The number of carbonyl (C=O) groups excluding carboxylic acids is 1. The summed E-state index contributed by atoms with van der Waals surface area (Å²) in [4.78, 5) is 12.1. The number of fused-ring (bicyclic) bond motifs is 1. The monoisotopic (exact) mass is 480 g/mol. The third-order valence-corrected chi connectivity index (χ3v) is 7.89. The quantitative estimate of drug-likeness (QED) is 0.233. The second-order valence-corrected chi connectivity index (χ2v) is 10.3. The number of aromatic amines is 1. The van der Waals surface area contributed by atoms with Crippen molar-refractivity contribution in [3.63, 3.8) is 0 Å². The number of amides is 1. The van der Waals surface area contributed by atoms with Gasteiger partial charge in [-0.2, -0.15) is 5.10 Å². The van der Waals surface area contributed by atoms with Gasteiger partial charge in [0, 0.05) is 10.9 Å². The molecule has 0 unspecified atom stereocenters. The lowest BCUT2D eigenvalue weighted by Crippen LogP contribution is -2.21. The van der Waals surface area contributed by atoms with E-state index in [0.717, 1.165) is 14.4 Å². The Bertz CT molecular complexity index is 1270. The average molecular weight is 481 g/mol. The van der Waals surface area contributed by atoms with Crippen molar-refractivity contribution < 1.29 is 15.0 Å². The number of hydrogen-bond acceptors (Lipinski definition) is 7. The summed E-state index contributed by atoms with van der Waals surface area (Å²) in [5.41, 5.74) is 5.07. The predicted octanol–water partition coefficient (Wildman–Crippen LogP) is 4.11. The van der Waals surface area contributed by atoms with Crippen LogP contribution < -0.4 is 15.6 Å². The molecule has 6 nitrogen and oxygen atoms in total. The molecule has 0 saturated carbocycles. The first-order valence-electron chi connectivity index (χ1n) is 9.80. The van der Waals surface area contributed by atoms with E-state index in [-0.39, 0.29) is 17.4 Å². The van der Waals surface area contributed by atoms with Crippen molar-refractivity contribution in [2.45, 2.75) is 21.4 Å². The molecule has 162 valence electrons. The van der Waals surface area contributed by atoms with E-state index < -0.39 is 0 Å². The van der Waals surface area contributed by atoms with Crippen molar-refractivity contribution in [3.05, 3.63) is 77.9 Å². The van der Waals surface area contributed by atoms with Gasteiger partial charge in [0.2, 0.25) is 4.34 Å². The number of rotatable bonds is 8. The molecule has 0 atom stereocenters. The number of nitrogens with zero attached hydrogens (tertiary/aromatic N) is 2. The molecule has 0 aliphatic rings. The fourth-order valence-corrected chi connectivity index (χ4v) is 5.88. The van der Waals surface area contributed by atoms with Crippen LogP contribution in [0.3, 0.4) is 0 Å². The Morgan fingerprint density at radius 2 is 1.94 bits per heavy atom. The fraction of sp³-hybridized carbons (Fsp3) is 0.130. The largest absolute Gasteiger partial charge is 0.872 e. The summed E-state index contributed by atoms with van der Waals surface area (Å²) in [6.07, 6.45) is 0. The minimum absolute atomic E-state index is 0.0897. The summed E-state index contributed by atoms with van der Waals surface area (Å²) in [7, 11) is 0. The van der Waals surface area contributed by atoms with Crippen LogP contribution >= 0.6 is 34.9 Å². The van der Waals surface area contributed by atoms with Gasteiger partial charge in [-0.3, -0.25) is 4.79 Å². The van der Waals surface area contributed by atoms with E-state index in [1.807, 2.05) is 6.07 Å². The number of benzene rings is 3. The standard InChI is InChI=1S/C23H20N4O2S3/c1-15(17-8-5-10-19(28)12-17)24-25-21(29)14-31-23-27-26-22(32-23)30-13-18-9-4-7-16-6-2-3-11-20(16)18/h2-12,28H,13-14H2,1H3,(H,25,29)/b24-15+. The Balaban J connectivity index is 1.28. The highest BCUT2D eigenvalue weighted by Gasteiger charge is 2.14. The first-order valence-corrected chi connectivity index (χ1v) is 12.6. The molecular weight excluding hydrogens is 460 g/mol. The van der Waals surface area contributed by atoms with E-state index in [4.69, 9.17) is 0 Å². The molecule has 4 rings (SSSR count). The number of hydrogen-bond donors (Lipinski definition) is 1. The van der Waals surface area contributed by atoms with Crippen LogP contribution in [-0.4, -0.2) is 22.5 Å². The van der Waals surface area contributed by atoms with E-state index in [9.17, 15) is 9.90 Å². The zero-order valence-corrected chi connectivity index (χ0v) is 19.7. The average Bonchev–Trinajstić information content (AvgIpc) is 3.27. The van der Waals surface area contributed by atoms with E-state index in [1.165, 1.54) is 51.6 Å². The fourth-order valence-electron chi connectivity index (χ4n) is 2.99. The zero-order valence-electron chi connectivity index (χ0n) is 17.2. The van der Waals surface area contributed by atoms with Crippen molar-refractivity contribution in [2.75, 3.05) is 5.75 Å². The van der Waals surface area contributed by atoms with Gasteiger partial charge in [-0.25, -0.2) is 5.43 Å². The smallest absolute Gasteiger partial charge is 0.323 e. The molecule has 0 aliphatic carbocycles. The second-order valence-electron chi connectivity index (χ2n) is 6.85. The molecule has 1 amide bonds.